The van der Waals surface area contributed by atoms with E-state index in [4.69, 9.17) is 10.5 Å². The second kappa shape index (κ2) is 5.64. The SMILES string of the molecule is CC(C)(C)OC(=O)NC(CN)CC1=CCC2CC1C2(C)C. The van der Waals surface area contributed by atoms with Gasteiger partial charge in [-0.1, -0.05) is 25.5 Å². The zero-order valence-electron chi connectivity index (χ0n) is 14.0. The molecule has 0 aliphatic heterocycles. The minimum atomic E-state index is -0.476. The van der Waals surface area contributed by atoms with Gasteiger partial charge in [0.1, 0.15) is 5.60 Å². The number of carbonyl (C=O) groups is 1. The minimum absolute atomic E-state index is 0.0425. The van der Waals surface area contributed by atoms with Gasteiger partial charge in [0.15, 0.2) is 0 Å². The number of hydrogen-bond donors (Lipinski definition) is 2. The largest absolute Gasteiger partial charge is 0.444 e. The highest BCUT2D eigenvalue weighted by Gasteiger charge is 2.51. The minimum Gasteiger partial charge on any atom is -0.444 e. The summed E-state index contributed by atoms with van der Waals surface area (Å²) in [4.78, 5) is 11.9. The molecule has 3 atom stereocenters. The van der Waals surface area contributed by atoms with Crippen molar-refractivity contribution in [2.24, 2.45) is 23.0 Å². The molecule has 3 aliphatic carbocycles. The Morgan fingerprint density at radius 1 is 1.52 bits per heavy atom. The number of allylic oxidation sites excluding steroid dienone is 1. The molecule has 3 N–H and O–H groups in total. The van der Waals surface area contributed by atoms with Crippen LogP contribution in [0.3, 0.4) is 0 Å². The number of nitrogens with one attached hydrogen (secondary N) is 1. The van der Waals surface area contributed by atoms with Crippen molar-refractivity contribution < 1.29 is 9.53 Å². The Balaban J connectivity index is 1.91. The second-order valence-corrected chi connectivity index (χ2v) is 8.10. The van der Waals surface area contributed by atoms with Crippen molar-refractivity contribution >= 4 is 6.09 Å². The van der Waals surface area contributed by atoms with Gasteiger partial charge in [-0.05, 0) is 57.3 Å². The number of carbonyl (C=O) groups excluding carboxylic acids is 1. The molecule has 0 aromatic heterocycles. The van der Waals surface area contributed by atoms with Crippen molar-refractivity contribution in [2.45, 2.75) is 65.5 Å². The van der Waals surface area contributed by atoms with E-state index >= 15 is 0 Å². The van der Waals surface area contributed by atoms with Gasteiger partial charge in [0.25, 0.3) is 0 Å². The number of rotatable bonds is 4. The molecule has 120 valence electrons. The van der Waals surface area contributed by atoms with Crippen molar-refractivity contribution in [3.63, 3.8) is 0 Å². The lowest BCUT2D eigenvalue weighted by Gasteiger charge is -2.57. The van der Waals surface area contributed by atoms with E-state index < -0.39 is 5.60 Å². The quantitative estimate of drug-likeness (QED) is 0.782. The third kappa shape index (κ3) is 3.60. The zero-order chi connectivity index (χ0) is 15.8. The number of alkyl carbamates (subject to hydrolysis) is 1. The van der Waals surface area contributed by atoms with E-state index in [1.807, 2.05) is 20.8 Å². The number of fused-ring (bicyclic) bond motifs is 1. The van der Waals surface area contributed by atoms with Crippen LogP contribution in [0.5, 0.6) is 0 Å². The van der Waals surface area contributed by atoms with Gasteiger partial charge in [-0.25, -0.2) is 4.79 Å². The van der Waals surface area contributed by atoms with Crippen LogP contribution in [0, 0.1) is 17.3 Å². The maximum Gasteiger partial charge on any atom is 0.407 e. The van der Waals surface area contributed by atoms with E-state index in [0.717, 1.165) is 12.3 Å². The van der Waals surface area contributed by atoms with Gasteiger partial charge in [-0.2, -0.15) is 0 Å². The molecular weight excluding hydrogens is 264 g/mol. The van der Waals surface area contributed by atoms with E-state index in [9.17, 15) is 4.79 Å². The van der Waals surface area contributed by atoms with Crippen LogP contribution in [0.2, 0.25) is 0 Å². The first-order valence-corrected chi connectivity index (χ1v) is 8.02. The van der Waals surface area contributed by atoms with E-state index in [2.05, 4.69) is 25.2 Å². The van der Waals surface area contributed by atoms with Crippen LogP contribution in [-0.2, 0) is 4.74 Å². The molecule has 4 nitrogen and oxygen atoms in total. The molecule has 21 heavy (non-hydrogen) atoms. The topological polar surface area (TPSA) is 64.3 Å². The van der Waals surface area contributed by atoms with Crippen LogP contribution >= 0.6 is 0 Å². The molecule has 3 aliphatic rings. The average Bonchev–Trinajstić information content (AvgIpc) is 2.35. The molecule has 3 rings (SSSR count). The van der Waals surface area contributed by atoms with Gasteiger partial charge in [0, 0.05) is 12.6 Å². The number of hydrogen-bond acceptors (Lipinski definition) is 3. The summed E-state index contributed by atoms with van der Waals surface area (Å²) in [5.74, 6) is 1.49. The third-order valence-corrected chi connectivity index (χ3v) is 5.07. The van der Waals surface area contributed by atoms with Crippen LogP contribution < -0.4 is 11.1 Å². The Kier molecular flexibility index (Phi) is 4.39. The van der Waals surface area contributed by atoms with Gasteiger partial charge in [0.05, 0.1) is 0 Å². The van der Waals surface area contributed by atoms with E-state index in [1.165, 1.54) is 18.4 Å². The molecule has 4 heteroatoms. The first kappa shape index (κ1) is 16.3. The lowest BCUT2D eigenvalue weighted by atomic mass is 9.48. The molecule has 0 saturated heterocycles. The van der Waals surface area contributed by atoms with Gasteiger partial charge < -0.3 is 15.8 Å². The molecule has 1 saturated carbocycles. The summed E-state index contributed by atoms with van der Waals surface area (Å²) in [5.41, 5.74) is 7.23. The lowest BCUT2D eigenvalue weighted by Crippen LogP contribution is -2.50. The van der Waals surface area contributed by atoms with Gasteiger partial charge >= 0.3 is 6.09 Å². The first-order chi connectivity index (χ1) is 9.63. The Morgan fingerprint density at radius 3 is 2.67 bits per heavy atom. The monoisotopic (exact) mass is 294 g/mol. The predicted molar refractivity (Wildman–Crippen MR) is 84.9 cm³/mol. The Hall–Kier alpha value is -1.03. The maximum absolute atomic E-state index is 11.9. The zero-order valence-corrected chi connectivity index (χ0v) is 14.0. The highest BCUT2D eigenvalue weighted by molar-refractivity contribution is 5.68. The maximum atomic E-state index is 11.9. The summed E-state index contributed by atoms with van der Waals surface area (Å²) in [5, 5.41) is 2.91. The van der Waals surface area contributed by atoms with Crippen molar-refractivity contribution in [3.8, 4) is 0 Å². The molecule has 2 bridgehead atoms. The van der Waals surface area contributed by atoms with E-state index in [0.29, 0.717) is 17.9 Å². The fourth-order valence-electron chi connectivity index (χ4n) is 3.66. The van der Waals surface area contributed by atoms with E-state index in [-0.39, 0.29) is 12.1 Å². The first-order valence-electron chi connectivity index (χ1n) is 8.02. The van der Waals surface area contributed by atoms with Crippen LogP contribution in [0.1, 0.15) is 53.9 Å². The predicted octanol–water partition coefficient (Wildman–Crippen LogP) is 3.22. The molecule has 0 aromatic rings. The normalized spacial score (nSPS) is 28.2. The van der Waals surface area contributed by atoms with Crippen LogP contribution in [0.4, 0.5) is 4.79 Å². The molecule has 0 aromatic carbocycles. The Bertz CT molecular complexity index is 435. The fraction of sp³-hybridized carbons (Fsp3) is 0.824. The molecule has 3 unspecified atom stereocenters. The fourth-order valence-corrected chi connectivity index (χ4v) is 3.66. The molecule has 0 heterocycles. The highest BCUT2D eigenvalue weighted by atomic mass is 16.6. The number of amides is 1. The summed E-state index contributed by atoms with van der Waals surface area (Å²) in [6.45, 7) is 10.8. The van der Waals surface area contributed by atoms with Crippen LogP contribution in [0.25, 0.3) is 0 Å². The summed E-state index contributed by atoms with van der Waals surface area (Å²) < 4.78 is 5.31. The lowest BCUT2D eigenvalue weighted by molar-refractivity contribution is -0.00912. The second-order valence-electron chi connectivity index (χ2n) is 8.10. The third-order valence-electron chi connectivity index (χ3n) is 5.07. The molecule has 0 spiro atoms. The molecular formula is C17H30N2O2. The summed E-state index contributed by atoms with van der Waals surface area (Å²) >= 11 is 0. The smallest absolute Gasteiger partial charge is 0.407 e. The van der Waals surface area contributed by atoms with Crippen molar-refractivity contribution in [2.75, 3.05) is 6.54 Å². The van der Waals surface area contributed by atoms with Crippen molar-refractivity contribution in [3.05, 3.63) is 11.6 Å². The van der Waals surface area contributed by atoms with Gasteiger partial charge in [-0.15, -0.1) is 0 Å². The van der Waals surface area contributed by atoms with Crippen LogP contribution in [-0.4, -0.2) is 24.3 Å². The van der Waals surface area contributed by atoms with Gasteiger partial charge in [0.2, 0.25) is 0 Å². The molecule has 1 amide bonds. The van der Waals surface area contributed by atoms with Gasteiger partial charge in [-0.3, -0.25) is 0 Å². The Morgan fingerprint density at radius 2 is 2.19 bits per heavy atom. The summed E-state index contributed by atoms with van der Waals surface area (Å²) in [6, 6.07) is -0.0425. The summed E-state index contributed by atoms with van der Waals surface area (Å²) in [6.07, 6.45) is 5.30. The standard InChI is InChI=1S/C17H30N2O2/c1-16(2,3)21-15(20)19-13(10-18)8-11-6-7-12-9-14(11)17(12,4)5/h6,12-14H,7-10,18H2,1-5H3,(H,19,20). The average molecular weight is 294 g/mol. The van der Waals surface area contributed by atoms with Crippen LogP contribution in [0.15, 0.2) is 11.6 Å². The highest BCUT2D eigenvalue weighted by Crippen LogP contribution is 2.59. The van der Waals surface area contributed by atoms with E-state index in [1.54, 1.807) is 0 Å². The Labute approximate surface area is 128 Å². The number of ether oxygens (including phenoxy) is 1. The number of nitrogens with two attached hydrogens (primary N) is 1. The van der Waals surface area contributed by atoms with Crippen molar-refractivity contribution in [1.82, 2.24) is 5.32 Å². The van der Waals surface area contributed by atoms with Crippen molar-refractivity contribution in [1.29, 1.82) is 0 Å². The molecule has 1 fully saturated rings. The molecule has 0 radical (unpaired) electrons. The summed E-state index contributed by atoms with van der Waals surface area (Å²) in [7, 11) is 0.